The maximum absolute atomic E-state index is 11.8. The second-order valence-electron chi connectivity index (χ2n) is 4.90. The molecule has 1 aromatic carbocycles. The number of hydrogen-bond donors (Lipinski definition) is 2. The molecule has 2 aromatic rings. The van der Waals surface area contributed by atoms with Gasteiger partial charge < -0.3 is 4.74 Å². The van der Waals surface area contributed by atoms with Crippen LogP contribution < -0.4 is 15.6 Å². The van der Waals surface area contributed by atoms with Crippen molar-refractivity contribution in [2.24, 2.45) is 0 Å². The van der Waals surface area contributed by atoms with Gasteiger partial charge in [0, 0.05) is 11.2 Å². The molecule has 2 rings (SSSR count). The molecule has 2 N–H and O–H groups in total. The summed E-state index contributed by atoms with van der Waals surface area (Å²) in [4.78, 5) is 27.3. The molecule has 0 aliphatic heterocycles. The Hall–Kier alpha value is -2.60. The van der Waals surface area contributed by atoms with E-state index >= 15 is 0 Å². The number of nitrogens with one attached hydrogen (secondary N) is 2. The van der Waals surface area contributed by atoms with E-state index in [1.54, 1.807) is 12.1 Å². The van der Waals surface area contributed by atoms with Crippen LogP contribution in [0, 0.1) is 13.8 Å². The van der Waals surface area contributed by atoms with Gasteiger partial charge in [-0.15, -0.1) is 0 Å². The van der Waals surface area contributed by atoms with Gasteiger partial charge in [0.2, 0.25) is 0 Å². The van der Waals surface area contributed by atoms with E-state index in [0.29, 0.717) is 10.8 Å². The number of benzene rings is 1. The summed E-state index contributed by atoms with van der Waals surface area (Å²) in [5.41, 5.74) is 6.81. The Bertz CT molecular complexity index is 734. The summed E-state index contributed by atoms with van der Waals surface area (Å²) < 4.78 is 5.36. The fourth-order valence-electron chi connectivity index (χ4n) is 1.71. The molecule has 120 valence electrons. The van der Waals surface area contributed by atoms with Crippen LogP contribution in [0.5, 0.6) is 5.75 Å². The number of aromatic nitrogens is 1. The van der Waals surface area contributed by atoms with Gasteiger partial charge >= 0.3 is 0 Å². The van der Waals surface area contributed by atoms with Crippen molar-refractivity contribution in [3.05, 3.63) is 58.4 Å². The third kappa shape index (κ3) is 4.96. The molecule has 0 bridgehead atoms. The van der Waals surface area contributed by atoms with E-state index < -0.39 is 11.8 Å². The summed E-state index contributed by atoms with van der Waals surface area (Å²) >= 11 is 5.77. The summed E-state index contributed by atoms with van der Waals surface area (Å²) in [6, 6.07) is 8.49. The van der Waals surface area contributed by atoms with E-state index in [1.807, 2.05) is 26.0 Å². The second kappa shape index (κ2) is 7.60. The molecule has 6 nitrogen and oxygen atoms in total. The standard InChI is InChI=1S/C16H16ClN3O3/c1-10-3-4-13(7-11(10)2)23-9-15(21)19-20-16(22)14-8-12(17)5-6-18-14/h3-8H,9H2,1-2H3,(H,19,21)(H,20,22). The van der Waals surface area contributed by atoms with E-state index in [0.717, 1.165) is 11.1 Å². The zero-order valence-corrected chi connectivity index (χ0v) is 13.5. The Morgan fingerprint density at radius 1 is 1.13 bits per heavy atom. The maximum atomic E-state index is 11.8. The van der Waals surface area contributed by atoms with Gasteiger partial charge in [0.15, 0.2) is 6.61 Å². The van der Waals surface area contributed by atoms with E-state index in [9.17, 15) is 9.59 Å². The van der Waals surface area contributed by atoms with Gasteiger partial charge in [0.1, 0.15) is 11.4 Å². The molecular formula is C16H16ClN3O3. The predicted octanol–water partition coefficient (Wildman–Crippen LogP) is 2.19. The number of aryl methyl sites for hydroxylation is 2. The fourth-order valence-corrected chi connectivity index (χ4v) is 1.87. The van der Waals surface area contributed by atoms with Crippen molar-refractivity contribution in [1.82, 2.24) is 15.8 Å². The van der Waals surface area contributed by atoms with Crippen molar-refractivity contribution in [2.75, 3.05) is 6.61 Å². The van der Waals surface area contributed by atoms with Crippen LogP contribution in [-0.2, 0) is 4.79 Å². The molecule has 1 aromatic heterocycles. The Kier molecular flexibility index (Phi) is 5.54. The van der Waals surface area contributed by atoms with Gasteiger partial charge in [-0.1, -0.05) is 17.7 Å². The monoisotopic (exact) mass is 333 g/mol. The van der Waals surface area contributed by atoms with Gasteiger partial charge in [-0.25, -0.2) is 0 Å². The molecule has 0 radical (unpaired) electrons. The van der Waals surface area contributed by atoms with Crippen molar-refractivity contribution in [3.63, 3.8) is 0 Å². The van der Waals surface area contributed by atoms with Crippen LogP contribution >= 0.6 is 11.6 Å². The van der Waals surface area contributed by atoms with Crippen LogP contribution in [0.2, 0.25) is 5.02 Å². The lowest BCUT2D eigenvalue weighted by Crippen LogP contribution is -2.44. The minimum absolute atomic E-state index is 0.105. The van der Waals surface area contributed by atoms with Gasteiger partial charge in [-0.05, 0) is 49.2 Å². The second-order valence-corrected chi connectivity index (χ2v) is 5.33. The quantitative estimate of drug-likeness (QED) is 0.840. The van der Waals surface area contributed by atoms with Crippen LogP contribution in [0.15, 0.2) is 36.5 Å². The summed E-state index contributed by atoms with van der Waals surface area (Å²) in [6.07, 6.45) is 1.40. The molecule has 0 aliphatic carbocycles. The van der Waals surface area contributed by atoms with Crippen molar-refractivity contribution in [3.8, 4) is 5.75 Å². The molecule has 1 heterocycles. The number of hydrazine groups is 1. The minimum Gasteiger partial charge on any atom is -0.484 e. The first-order valence-electron chi connectivity index (χ1n) is 6.86. The Morgan fingerprint density at radius 3 is 2.61 bits per heavy atom. The number of rotatable bonds is 4. The van der Waals surface area contributed by atoms with Crippen molar-refractivity contribution >= 4 is 23.4 Å². The number of halogens is 1. The average molecular weight is 334 g/mol. The normalized spacial score (nSPS) is 10.0. The summed E-state index contributed by atoms with van der Waals surface area (Å²) in [5, 5.41) is 0.384. The molecule has 2 amide bonds. The van der Waals surface area contributed by atoms with Crippen LogP contribution in [0.4, 0.5) is 0 Å². The lowest BCUT2D eigenvalue weighted by Gasteiger charge is -2.09. The van der Waals surface area contributed by atoms with Crippen LogP contribution in [0.1, 0.15) is 21.6 Å². The average Bonchev–Trinajstić information content (AvgIpc) is 2.53. The number of amides is 2. The summed E-state index contributed by atoms with van der Waals surface area (Å²) in [6.45, 7) is 3.73. The van der Waals surface area contributed by atoms with Crippen LogP contribution in [0.25, 0.3) is 0 Å². The molecule has 0 atom stereocenters. The molecule has 0 saturated carbocycles. The number of pyridine rings is 1. The first-order valence-corrected chi connectivity index (χ1v) is 7.24. The summed E-state index contributed by atoms with van der Waals surface area (Å²) in [7, 11) is 0. The minimum atomic E-state index is -0.563. The molecule has 0 fully saturated rings. The van der Waals surface area contributed by atoms with Gasteiger partial charge in [0.05, 0.1) is 0 Å². The van der Waals surface area contributed by atoms with E-state index in [2.05, 4.69) is 15.8 Å². The highest BCUT2D eigenvalue weighted by molar-refractivity contribution is 6.30. The number of hydrogen-bond acceptors (Lipinski definition) is 4. The molecule has 0 saturated heterocycles. The number of carbonyl (C=O) groups is 2. The van der Waals surface area contributed by atoms with Crippen molar-refractivity contribution in [1.29, 1.82) is 0 Å². The van der Waals surface area contributed by atoms with E-state index in [1.165, 1.54) is 12.3 Å². The third-order valence-corrected chi connectivity index (χ3v) is 3.35. The van der Waals surface area contributed by atoms with Crippen LogP contribution in [-0.4, -0.2) is 23.4 Å². The topological polar surface area (TPSA) is 80.3 Å². The Balaban J connectivity index is 1.81. The van der Waals surface area contributed by atoms with Crippen molar-refractivity contribution in [2.45, 2.75) is 13.8 Å². The predicted molar refractivity (Wildman–Crippen MR) is 86.3 cm³/mol. The highest BCUT2D eigenvalue weighted by Crippen LogP contribution is 2.16. The van der Waals surface area contributed by atoms with Crippen molar-refractivity contribution < 1.29 is 14.3 Å². The fraction of sp³-hybridized carbons (Fsp3) is 0.188. The molecule has 7 heteroatoms. The summed E-state index contributed by atoms with van der Waals surface area (Å²) in [5.74, 6) is -0.461. The molecule has 0 aliphatic rings. The maximum Gasteiger partial charge on any atom is 0.288 e. The molecular weight excluding hydrogens is 318 g/mol. The SMILES string of the molecule is Cc1ccc(OCC(=O)NNC(=O)c2cc(Cl)ccn2)cc1C. The molecule has 0 unspecified atom stereocenters. The smallest absolute Gasteiger partial charge is 0.288 e. The highest BCUT2D eigenvalue weighted by atomic mass is 35.5. The first kappa shape index (κ1) is 16.8. The first-order chi connectivity index (χ1) is 11.0. The molecule has 23 heavy (non-hydrogen) atoms. The van der Waals surface area contributed by atoms with E-state index in [-0.39, 0.29) is 12.3 Å². The largest absolute Gasteiger partial charge is 0.484 e. The van der Waals surface area contributed by atoms with Gasteiger partial charge in [0.25, 0.3) is 11.8 Å². The van der Waals surface area contributed by atoms with Gasteiger partial charge in [-0.3, -0.25) is 25.4 Å². The Morgan fingerprint density at radius 2 is 1.91 bits per heavy atom. The van der Waals surface area contributed by atoms with Gasteiger partial charge in [-0.2, -0.15) is 0 Å². The zero-order valence-electron chi connectivity index (χ0n) is 12.7. The van der Waals surface area contributed by atoms with E-state index in [4.69, 9.17) is 16.3 Å². The lowest BCUT2D eigenvalue weighted by atomic mass is 10.1. The number of carbonyl (C=O) groups excluding carboxylic acids is 2. The van der Waals surface area contributed by atoms with Crippen LogP contribution in [0.3, 0.4) is 0 Å². The molecule has 0 spiro atoms. The zero-order chi connectivity index (χ0) is 16.8. The number of nitrogens with zero attached hydrogens (tertiary/aromatic N) is 1. The Labute approximate surface area is 138 Å². The number of ether oxygens (including phenoxy) is 1. The lowest BCUT2D eigenvalue weighted by molar-refractivity contribution is -0.123. The highest BCUT2D eigenvalue weighted by Gasteiger charge is 2.09. The third-order valence-electron chi connectivity index (χ3n) is 3.12.